The summed E-state index contributed by atoms with van der Waals surface area (Å²) in [5.74, 6) is 1.97. The normalized spacial score (nSPS) is 11.1. The number of amides is 1. The molecule has 0 unspecified atom stereocenters. The van der Waals surface area contributed by atoms with Gasteiger partial charge in [0.15, 0.2) is 5.96 Å². The first-order valence-corrected chi connectivity index (χ1v) is 11.0. The van der Waals surface area contributed by atoms with Crippen LogP contribution in [0.25, 0.3) is 0 Å². The van der Waals surface area contributed by atoms with Gasteiger partial charge in [0.05, 0.1) is 6.54 Å². The van der Waals surface area contributed by atoms with Gasteiger partial charge in [-0.15, -0.1) is 24.0 Å². The van der Waals surface area contributed by atoms with Gasteiger partial charge in [0.25, 0.3) is 5.91 Å². The van der Waals surface area contributed by atoms with E-state index in [1.807, 2.05) is 55.0 Å². The quantitative estimate of drug-likeness (QED) is 0.171. The summed E-state index contributed by atoms with van der Waals surface area (Å²) in [6.07, 6.45) is 4.47. The molecule has 0 aliphatic heterocycles. The van der Waals surface area contributed by atoms with Gasteiger partial charge in [0.1, 0.15) is 0 Å². The Kier molecular flexibility index (Phi) is 16.3. The molecule has 0 aliphatic carbocycles. The summed E-state index contributed by atoms with van der Waals surface area (Å²) in [5, 5.41) is 9.59. The van der Waals surface area contributed by atoms with E-state index in [4.69, 9.17) is 0 Å². The summed E-state index contributed by atoms with van der Waals surface area (Å²) in [5.41, 5.74) is 1.70. The van der Waals surface area contributed by atoms with Crippen molar-refractivity contribution in [3.63, 3.8) is 0 Å². The molecule has 0 spiro atoms. The monoisotopic (exact) mass is 521 g/mol. The summed E-state index contributed by atoms with van der Waals surface area (Å²) in [4.78, 5) is 18.9. The summed E-state index contributed by atoms with van der Waals surface area (Å²) in [6.45, 7) is 5.80. The van der Waals surface area contributed by atoms with E-state index in [-0.39, 0.29) is 29.9 Å². The minimum atomic E-state index is -0.0403. The van der Waals surface area contributed by atoms with Gasteiger partial charge < -0.3 is 20.9 Å². The number of nitrogens with zero attached hydrogens (tertiary/aromatic N) is 2. The molecule has 1 rings (SSSR count). The summed E-state index contributed by atoms with van der Waals surface area (Å²) in [6, 6.07) is 7.67. The molecule has 160 valence electrons. The molecule has 8 heteroatoms. The van der Waals surface area contributed by atoms with Gasteiger partial charge in [-0.3, -0.25) is 4.79 Å². The number of thioether (sulfide) groups is 1. The number of carbonyl (C=O) groups is 1. The fourth-order valence-electron chi connectivity index (χ4n) is 2.40. The van der Waals surface area contributed by atoms with Crippen molar-refractivity contribution in [2.24, 2.45) is 4.99 Å². The Balaban J connectivity index is 0.00000729. The molecule has 0 fully saturated rings. The van der Waals surface area contributed by atoms with Crippen LogP contribution in [0.5, 0.6) is 0 Å². The molecule has 0 saturated carbocycles. The standard InChI is InChI=1S/C20H35N5OS.HI/c1-5-21-20(23-11-6-7-14-27-4)24-16-17-9-8-10-18(15-17)19(26)22-12-13-25(2)3;/h8-10,15H,5-7,11-14,16H2,1-4H3,(H,22,26)(H2,21,23,24);1H. The van der Waals surface area contributed by atoms with E-state index < -0.39 is 0 Å². The Labute approximate surface area is 191 Å². The van der Waals surface area contributed by atoms with E-state index in [0.717, 1.165) is 37.6 Å². The predicted octanol–water partition coefficient (Wildman–Crippen LogP) is 2.79. The zero-order valence-electron chi connectivity index (χ0n) is 17.6. The lowest BCUT2D eigenvalue weighted by Gasteiger charge is -2.12. The number of unbranched alkanes of at least 4 members (excludes halogenated alkanes) is 1. The van der Waals surface area contributed by atoms with Crippen LogP contribution >= 0.6 is 35.7 Å². The van der Waals surface area contributed by atoms with Crippen LogP contribution in [-0.4, -0.2) is 69.0 Å². The van der Waals surface area contributed by atoms with Crippen molar-refractivity contribution >= 4 is 47.6 Å². The molecule has 0 saturated heterocycles. The van der Waals surface area contributed by atoms with E-state index in [0.29, 0.717) is 18.7 Å². The number of hydrogen-bond donors (Lipinski definition) is 3. The molecule has 0 bridgehead atoms. The Morgan fingerprint density at radius 3 is 2.61 bits per heavy atom. The largest absolute Gasteiger partial charge is 0.357 e. The molecule has 6 nitrogen and oxygen atoms in total. The molecule has 1 aromatic carbocycles. The van der Waals surface area contributed by atoms with Crippen molar-refractivity contribution in [1.82, 2.24) is 20.9 Å². The Hall–Kier alpha value is -1.00. The van der Waals surface area contributed by atoms with Gasteiger partial charge in [0, 0.05) is 31.7 Å². The second-order valence-electron chi connectivity index (χ2n) is 6.58. The van der Waals surface area contributed by atoms with Crippen LogP contribution in [0.1, 0.15) is 35.7 Å². The van der Waals surface area contributed by atoms with E-state index in [9.17, 15) is 4.79 Å². The van der Waals surface area contributed by atoms with Gasteiger partial charge in [0.2, 0.25) is 0 Å². The Morgan fingerprint density at radius 2 is 1.93 bits per heavy atom. The van der Waals surface area contributed by atoms with Crippen molar-refractivity contribution in [2.75, 3.05) is 52.3 Å². The van der Waals surface area contributed by atoms with Crippen molar-refractivity contribution in [3.05, 3.63) is 35.4 Å². The highest BCUT2D eigenvalue weighted by atomic mass is 127. The third-order valence-electron chi connectivity index (χ3n) is 3.87. The number of hydrogen-bond acceptors (Lipinski definition) is 4. The highest BCUT2D eigenvalue weighted by Crippen LogP contribution is 2.07. The summed E-state index contributed by atoms with van der Waals surface area (Å²) in [7, 11) is 3.98. The smallest absolute Gasteiger partial charge is 0.251 e. The van der Waals surface area contributed by atoms with E-state index in [1.54, 1.807) is 0 Å². The minimum absolute atomic E-state index is 0. The van der Waals surface area contributed by atoms with Crippen LogP contribution in [-0.2, 0) is 6.54 Å². The Bertz CT molecular complexity index is 583. The van der Waals surface area contributed by atoms with Gasteiger partial charge in [-0.25, -0.2) is 4.99 Å². The second-order valence-corrected chi connectivity index (χ2v) is 7.57. The Morgan fingerprint density at radius 1 is 1.14 bits per heavy atom. The fourth-order valence-corrected chi connectivity index (χ4v) is 2.89. The first-order chi connectivity index (χ1) is 13.1. The molecule has 1 amide bonds. The fraction of sp³-hybridized carbons (Fsp3) is 0.600. The van der Waals surface area contributed by atoms with Gasteiger partial charge in [-0.2, -0.15) is 11.8 Å². The number of guanidine groups is 1. The first kappa shape index (κ1) is 27.0. The molecule has 1 aromatic rings. The third kappa shape index (κ3) is 12.5. The van der Waals surface area contributed by atoms with Crippen molar-refractivity contribution < 1.29 is 4.79 Å². The zero-order chi connectivity index (χ0) is 19.9. The van der Waals surface area contributed by atoms with Crippen LogP contribution in [0, 0.1) is 0 Å². The van der Waals surface area contributed by atoms with Gasteiger partial charge in [-0.05, 0) is 63.6 Å². The molecule has 28 heavy (non-hydrogen) atoms. The van der Waals surface area contributed by atoms with Crippen molar-refractivity contribution in [2.45, 2.75) is 26.3 Å². The van der Waals surface area contributed by atoms with Gasteiger partial charge in [-0.1, -0.05) is 12.1 Å². The lowest BCUT2D eigenvalue weighted by atomic mass is 10.1. The minimum Gasteiger partial charge on any atom is -0.357 e. The van der Waals surface area contributed by atoms with E-state index in [1.165, 1.54) is 12.2 Å². The number of carbonyl (C=O) groups excluding carboxylic acids is 1. The van der Waals surface area contributed by atoms with Crippen molar-refractivity contribution in [3.8, 4) is 0 Å². The van der Waals surface area contributed by atoms with Crippen LogP contribution in [0.3, 0.4) is 0 Å². The SMILES string of the molecule is CCNC(=NCc1cccc(C(=O)NCCN(C)C)c1)NCCCCSC.I. The lowest BCUT2D eigenvalue weighted by molar-refractivity contribution is 0.0951. The number of benzene rings is 1. The number of likely N-dealkylation sites (N-methyl/N-ethyl adjacent to an activating group) is 1. The van der Waals surface area contributed by atoms with Crippen LogP contribution < -0.4 is 16.0 Å². The number of rotatable bonds is 12. The van der Waals surface area contributed by atoms with Gasteiger partial charge >= 0.3 is 0 Å². The lowest BCUT2D eigenvalue weighted by Crippen LogP contribution is -2.37. The molecule has 0 aromatic heterocycles. The van der Waals surface area contributed by atoms with Crippen LogP contribution in [0.15, 0.2) is 29.3 Å². The van der Waals surface area contributed by atoms with E-state index in [2.05, 4.69) is 34.1 Å². The highest BCUT2D eigenvalue weighted by molar-refractivity contribution is 14.0. The predicted molar refractivity (Wildman–Crippen MR) is 133 cm³/mol. The molecule has 3 N–H and O–H groups in total. The maximum absolute atomic E-state index is 12.3. The molecule has 0 atom stereocenters. The molecular weight excluding hydrogens is 485 g/mol. The van der Waals surface area contributed by atoms with Crippen LogP contribution in [0.2, 0.25) is 0 Å². The van der Waals surface area contributed by atoms with Crippen LogP contribution in [0.4, 0.5) is 0 Å². The summed E-state index contributed by atoms with van der Waals surface area (Å²) < 4.78 is 0. The highest BCUT2D eigenvalue weighted by Gasteiger charge is 2.06. The number of nitrogens with one attached hydrogen (secondary N) is 3. The average molecular weight is 522 g/mol. The average Bonchev–Trinajstić information content (AvgIpc) is 2.65. The maximum atomic E-state index is 12.3. The zero-order valence-corrected chi connectivity index (χ0v) is 20.7. The number of aliphatic imine (C=N–C) groups is 1. The second kappa shape index (κ2) is 16.9. The van der Waals surface area contributed by atoms with Crippen molar-refractivity contribution in [1.29, 1.82) is 0 Å². The van der Waals surface area contributed by atoms with E-state index >= 15 is 0 Å². The molecule has 0 radical (unpaired) electrons. The molecular formula is C20H36IN5OS. The molecule has 0 aliphatic rings. The topological polar surface area (TPSA) is 68.8 Å². The summed E-state index contributed by atoms with van der Waals surface area (Å²) >= 11 is 1.88. The molecule has 0 heterocycles. The first-order valence-electron chi connectivity index (χ1n) is 9.59. The third-order valence-corrected chi connectivity index (χ3v) is 4.56. The maximum Gasteiger partial charge on any atom is 0.251 e. The number of halogens is 1.